The minimum Gasteiger partial charge on any atom is -0.441 e. The Morgan fingerprint density at radius 3 is 2.86 bits per heavy atom. The molecular weight excluding hydrogens is 386 g/mol. The van der Waals surface area contributed by atoms with Crippen LogP contribution in [0, 0.1) is 6.92 Å². The number of benzene rings is 2. The van der Waals surface area contributed by atoms with E-state index in [4.69, 9.17) is 30.4 Å². The molecule has 0 bridgehead atoms. The van der Waals surface area contributed by atoms with Crippen molar-refractivity contribution >= 4 is 22.7 Å². The van der Waals surface area contributed by atoms with E-state index in [0.717, 1.165) is 66.5 Å². The number of rotatable bonds is 4. The van der Waals surface area contributed by atoms with Gasteiger partial charge in [0, 0.05) is 29.6 Å². The molecule has 0 radical (unpaired) electrons. The van der Waals surface area contributed by atoms with E-state index in [0.29, 0.717) is 16.8 Å². The summed E-state index contributed by atoms with van der Waals surface area (Å²) in [6, 6.07) is 15.5. The zero-order valence-corrected chi connectivity index (χ0v) is 17.0. The Labute approximate surface area is 174 Å². The third-order valence-corrected chi connectivity index (χ3v) is 5.74. The van der Waals surface area contributed by atoms with Crippen LogP contribution in [0.2, 0.25) is 5.02 Å². The van der Waals surface area contributed by atoms with Crippen molar-refractivity contribution in [1.82, 2.24) is 14.9 Å². The van der Waals surface area contributed by atoms with Gasteiger partial charge < -0.3 is 8.83 Å². The van der Waals surface area contributed by atoms with E-state index in [1.807, 2.05) is 55.5 Å². The maximum atomic E-state index is 6.11. The van der Waals surface area contributed by atoms with Crippen LogP contribution in [0.5, 0.6) is 0 Å². The van der Waals surface area contributed by atoms with Crippen LogP contribution >= 0.6 is 11.6 Å². The highest BCUT2D eigenvalue weighted by Crippen LogP contribution is 2.31. The average Bonchev–Trinajstić information content (AvgIpc) is 3.32. The molecule has 5 nitrogen and oxygen atoms in total. The van der Waals surface area contributed by atoms with Crippen molar-refractivity contribution in [2.45, 2.75) is 32.2 Å². The van der Waals surface area contributed by atoms with Crippen molar-refractivity contribution in [3.8, 4) is 11.5 Å². The number of halogens is 1. The van der Waals surface area contributed by atoms with E-state index in [2.05, 4.69) is 4.90 Å². The van der Waals surface area contributed by atoms with Crippen molar-refractivity contribution in [2.24, 2.45) is 0 Å². The minimum atomic E-state index is 0.302. The molecule has 0 aliphatic carbocycles. The fraction of sp³-hybridized carbons (Fsp3) is 0.304. The standard InChI is InChI=1S/C23H22ClN3O2/c1-15-20(26-22(28-15)16-6-4-8-18(24)12-16)14-27-11-5-7-17(13-27)23-25-19-9-2-3-10-21(19)29-23/h2-4,6,8-10,12,17H,5,7,11,13-14H2,1H3/t17-/m0/s1. The molecular formula is C23H22ClN3O2. The molecule has 1 aliphatic rings. The van der Waals surface area contributed by atoms with Gasteiger partial charge in [-0.2, -0.15) is 0 Å². The molecule has 2 aromatic heterocycles. The van der Waals surface area contributed by atoms with Gasteiger partial charge >= 0.3 is 0 Å². The lowest BCUT2D eigenvalue weighted by atomic mass is 9.98. The number of oxazole rings is 2. The summed E-state index contributed by atoms with van der Waals surface area (Å²) < 4.78 is 11.9. The topological polar surface area (TPSA) is 55.3 Å². The molecule has 1 fully saturated rings. The molecule has 2 aromatic carbocycles. The van der Waals surface area contributed by atoms with Gasteiger partial charge in [-0.1, -0.05) is 29.8 Å². The summed E-state index contributed by atoms with van der Waals surface area (Å²) >= 11 is 6.11. The molecule has 148 valence electrons. The maximum absolute atomic E-state index is 6.11. The Morgan fingerprint density at radius 1 is 1.10 bits per heavy atom. The van der Waals surface area contributed by atoms with Gasteiger partial charge in [0.25, 0.3) is 0 Å². The Hall–Kier alpha value is -2.63. The van der Waals surface area contributed by atoms with E-state index < -0.39 is 0 Å². The summed E-state index contributed by atoms with van der Waals surface area (Å²) in [5.74, 6) is 2.61. The molecule has 1 aliphatic heterocycles. The van der Waals surface area contributed by atoms with Gasteiger partial charge in [0.05, 0.1) is 5.69 Å². The van der Waals surface area contributed by atoms with E-state index in [-0.39, 0.29) is 0 Å². The number of aryl methyl sites for hydroxylation is 1. The Kier molecular flexibility index (Phi) is 4.86. The van der Waals surface area contributed by atoms with Crippen LogP contribution in [-0.4, -0.2) is 28.0 Å². The molecule has 0 unspecified atom stereocenters. The third-order valence-electron chi connectivity index (χ3n) is 5.50. The monoisotopic (exact) mass is 407 g/mol. The van der Waals surface area contributed by atoms with Crippen LogP contribution in [0.4, 0.5) is 0 Å². The first-order valence-electron chi connectivity index (χ1n) is 9.96. The lowest BCUT2D eigenvalue weighted by molar-refractivity contribution is 0.185. The lowest BCUT2D eigenvalue weighted by Crippen LogP contribution is -2.34. The number of para-hydroxylation sites is 2. The molecule has 0 N–H and O–H groups in total. The molecule has 29 heavy (non-hydrogen) atoms. The highest BCUT2D eigenvalue weighted by Gasteiger charge is 2.26. The third kappa shape index (κ3) is 3.80. The maximum Gasteiger partial charge on any atom is 0.226 e. The molecule has 4 aromatic rings. The first kappa shape index (κ1) is 18.4. The first-order chi connectivity index (χ1) is 14.2. The Balaban J connectivity index is 1.33. The second kappa shape index (κ2) is 7.65. The van der Waals surface area contributed by atoms with Gasteiger partial charge in [-0.15, -0.1) is 0 Å². The van der Waals surface area contributed by atoms with Crippen LogP contribution in [-0.2, 0) is 6.54 Å². The largest absolute Gasteiger partial charge is 0.441 e. The summed E-state index contributed by atoms with van der Waals surface area (Å²) in [5.41, 5.74) is 3.66. The number of fused-ring (bicyclic) bond motifs is 1. The molecule has 5 rings (SSSR count). The summed E-state index contributed by atoms with van der Waals surface area (Å²) in [6.45, 7) is 4.67. The van der Waals surface area contributed by atoms with Crippen LogP contribution in [0.1, 0.15) is 36.1 Å². The lowest BCUT2D eigenvalue weighted by Gasteiger charge is -2.30. The fourth-order valence-electron chi connectivity index (χ4n) is 4.00. The molecule has 0 saturated carbocycles. The highest BCUT2D eigenvalue weighted by atomic mass is 35.5. The first-order valence-corrected chi connectivity index (χ1v) is 10.3. The van der Waals surface area contributed by atoms with Crippen molar-refractivity contribution in [1.29, 1.82) is 0 Å². The van der Waals surface area contributed by atoms with Gasteiger partial charge in [-0.3, -0.25) is 4.90 Å². The second-order valence-corrected chi connectivity index (χ2v) is 8.06. The number of hydrogen-bond acceptors (Lipinski definition) is 5. The molecule has 0 amide bonds. The van der Waals surface area contributed by atoms with E-state index in [9.17, 15) is 0 Å². The van der Waals surface area contributed by atoms with Crippen molar-refractivity contribution in [3.05, 3.63) is 70.9 Å². The Bertz CT molecular complexity index is 1120. The molecule has 6 heteroatoms. The molecule has 0 spiro atoms. The van der Waals surface area contributed by atoms with Gasteiger partial charge in [0.1, 0.15) is 11.3 Å². The van der Waals surface area contributed by atoms with Crippen molar-refractivity contribution < 1.29 is 8.83 Å². The quantitative estimate of drug-likeness (QED) is 0.426. The highest BCUT2D eigenvalue weighted by molar-refractivity contribution is 6.30. The van der Waals surface area contributed by atoms with Crippen LogP contribution in [0.15, 0.2) is 57.4 Å². The number of likely N-dealkylation sites (tertiary alicyclic amines) is 1. The van der Waals surface area contributed by atoms with Crippen LogP contribution in [0.3, 0.4) is 0 Å². The average molecular weight is 408 g/mol. The van der Waals surface area contributed by atoms with E-state index >= 15 is 0 Å². The van der Waals surface area contributed by atoms with Gasteiger partial charge in [0.15, 0.2) is 11.5 Å². The summed E-state index contributed by atoms with van der Waals surface area (Å²) in [4.78, 5) is 11.9. The predicted molar refractivity (Wildman–Crippen MR) is 113 cm³/mol. The summed E-state index contributed by atoms with van der Waals surface area (Å²) in [6.07, 6.45) is 2.20. The zero-order chi connectivity index (χ0) is 19.8. The number of piperidine rings is 1. The minimum absolute atomic E-state index is 0.302. The molecule has 3 heterocycles. The predicted octanol–water partition coefficient (Wildman–Crippen LogP) is 5.82. The SMILES string of the molecule is Cc1oc(-c2cccc(Cl)c2)nc1CN1CCC[C@H](c2nc3ccccc3o2)C1. The number of nitrogens with zero attached hydrogens (tertiary/aromatic N) is 3. The van der Waals surface area contributed by atoms with Crippen LogP contribution in [0.25, 0.3) is 22.6 Å². The van der Waals surface area contributed by atoms with Crippen molar-refractivity contribution in [2.75, 3.05) is 13.1 Å². The number of hydrogen-bond donors (Lipinski definition) is 0. The number of aromatic nitrogens is 2. The van der Waals surface area contributed by atoms with Gasteiger partial charge in [-0.05, 0) is 56.6 Å². The summed E-state index contributed by atoms with van der Waals surface area (Å²) in [7, 11) is 0. The molecule has 1 atom stereocenters. The second-order valence-electron chi connectivity index (χ2n) is 7.63. The normalized spacial score (nSPS) is 17.8. The zero-order valence-electron chi connectivity index (χ0n) is 16.3. The van der Waals surface area contributed by atoms with Crippen molar-refractivity contribution in [3.63, 3.8) is 0 Å². The fourth-order valence-corrected chi connectivity index (χ4v) is 4.19. The van der Waals surface area contributed by atoms with E-state index in [1.165, 1.54) is 0 Å². The Morgan fingerprint density at radius 2 is 2.00 bits per heavy atom. The van der Waals surface area contributed by atoms with Gasteiger partial charge in [-0.25, -0.2) is 9.97 Å². The van der Waals surface area contributed by atoms with Crippen LogP contribution < -0.4 is 0 Å². The van der Waals surface area contributed by atoms with Gasteiger partial charge in [0.2, 0.25) is 5.89 Å². The molecule has 1 saturated heterocycles. The van der Waals surface area contributed by atoms with E-state index in [1.54, 1.807) is 0 Å². The smallest absolute Gasteiger partial charge is 0.226 e. The summed E-state index contributed by atoms with van der Waals surface area (Å²) in [5, 5.41) is 0.678.